The summed E-state index contributed by atoms with van der Waals surface area (Å²) in [5, 5.41) is 9.37. The Morgan fingerprint density at radius 2 is 1.93 bits per heavy atom. The zero-order chi connectivity index (χ0) is 10.7. The minimum atomic E-state index is -0.627. The summed E-state index contributed by atoms with van der Waals surface area (Å²) in [7, 11) is 0. The van der Waals surface area contributed by atoms with Crippen molar-refractivity contribution in [2.75, 3.05) is 13.2 Å². The molecule has 1 aliphatic carbocycles. The summed E-state index contributed by atoms with van der Waals surface area (Å²) >= 11 is 0. The lowest BCUT2D eigenvalue weighted by Crippen LogP contribution is -2.38. The van der Waals surface area contributed by atoms with Crippen molar-refractivity contribution < 1.29 is 14.6 Å². The van der Waals surface area contributed by atoms with Crippen molar-refractivity contribution in [3.63, 3.8) is 0 Å². The van der Waals surface area contributed by atoms with E-state index in [0.717, 1.165) is 19.3 Å². The number of carbonyl (C=O) groups is 1. The molecule has 3 nitrogen and oxygen atoms in total. The summed E-state index contributed by atoms with van der Waals surface area (Å²) in [4.78, 5) is 11.4. The normalized spacial score (nSPS) is 25.6. The first-order valence-electron chi connectivity index (χ1n) is 5.69. The van der Waals surface area contributed by atoms with E-state index < -0.39 is 11.4 Å². The molecule has 15 heavy (non-hydrogen) atoms. The predicted octanol–water partition coefficient (Wildman–Crippen LogP) is 2.22. The number of carboxylic acids is 1. The zero-order valence-electron chi connectivity index (χ0n) is 8.95. The van der Waals surface area contributed by atoms with Crippen LogP contribution >= 0.6 is 0 Å². The van der Waals surface area contributed by atoms with Crippen molar-refractivity contribution >= 4 is 5.97 Å². The molecule has 0 unspecified atom stereocenters. The third-order valence-electron chi connectivity index (χ3n) is 3.69. The highest BCUT2D eigenvalue weighted by molar-refractivity contribution is 5.74. The Labute approximate surface area is 90.1 Å². The number of rotatable bonds is 3. The van der Waals surface area contributed by atoms with Gasteiger partial charge in [-0.3, -0.25) is 4.79 Å². The zero-order valence-corrected chi connectivity index (χ0v) is 8.95. The van der Waals surface area contributed by atoms with E-state index in [0.29, 0.717) is 32.0 Å². The first-order valence-corrected chi connectivity index (χ1v) is 5.69. The van der Waals surface area contributed by atoms with Gasteiger partial charge in [0.2, 0.25) is 0 Å². The molecule has 3 heteroatoms. The van der Waals surface area contributed by atoms with Crippen LogP contribution < -0.4 is 0 Å². The Morgan fingerprint density at radius 1 is 1.33 bits per heavy atom. The molecule has 0 aromatic carbocycles. The number of hydrogen-bond acceptors (Lipinski definition) is 2. The van der Waals surface area contributed by atoms with Crippen molar-refractivity contribution in [3.8, 4) is 0 Å². The van der Waals surface area contributed by atoms with Gasteiger partial charge in [0.25, 0.3) is 0 Å². The monoisotopic (exact) mass is 210 g/mol. The highest BCUT2D eigenvalue weighted by atomic mass is 16.5. The maximum atomic E-state index is 11.4. The lowest BCUT2D eigenvalue weighted by molar-refractivity contribution is -0.156. The first kappa shape index (κ1) is 10.7. The number of hydrogen-bond donors (Lipinski definition) is 1. The van der Waals surface area contributed by atoms with E-state index in [9.17, 15) is 9.90 Å². The summed E-state index contributed by atoms with van der Waals surface area (Å²) in [6.07, 6.45) is 8.61. The van der Waals surface area contributed by atoms with E-state index in [1.54, 1.807) is 0 Å². The van der Waals surface area contributed by atoms with Crippen molar-refractivity contribution in [2.45, 2.75) is 32.1 Å². The van der Waals surface area contributed by atoms with E-state index in [1.807, 2.05) is 0 Å². The Bertz CT molecular complexity index is 256. The van der Waals surface area contributed by atoms with Crippen LogP contribution in [0.5, 0.6) is 0 Å². The molecular formula is C12H18O3. The van der Waals surface area contributed by atoms with Crippen LogP contribution in [0.15, 0.2) is 12.2 Å². The van der Waals surface area contributed by atoms with Gasteiger partial charge in [-0.25, -0.2) is 0 Å². The molecule has 1 N–H and O–H groups in total. The largest absolute Gasteiger partial charge is 0.481 e. The average molecular weight is 210 g/mol. The minimum absolute atomic E-state index is 0.505. The van der Waals surface area contributed by atoms with Crippen LogP contribution in [0.25, 0.3) is 0 Å². The van der Waals surface area contributed by atoms with Crippen LogP contribution in [0.1, 0.15) is 32.1 Å². The topological polar surface area (TPSA) is 46.5 Å². The minimum Gasteiger partial charge on any atom is -0.481 e. The number of carboxylic acid groups (broad SMARTS) is 1. The van der Waals surface area contributed by atoms with Gasteiger partial charge in [-0.1, -0.05) is 12.2 Å². The van der Waals surface area contributed by atoms with Gasteiger partial charge in [0, 0.05) is 13.2 Å². The van der Waals surface area contributed by atoms with Gasteiger partial charge in [0.1, 0.15) is 0 Å². The molecule has 0 spiro atoms. The lowest BCUT2D eigenvalue weighted by Gasteiger charge is -2.35. The van der Waals surface area contributed by atoms with Gasteiger partial charge >= 0.3 is 5.97 Å². The van der Waals surface area contributed by atoms with E-state index in [4.69, 9.17) is 4.74 Å². The summed E-state index contributed by atoms with van der Waals surface area (Å²) in [5.74, 6) is -0.0862. The van der Waals surface area contributed by atoms with Crippen molar-refractivity contribution in [2.24, 2.45) is 11.3 Å². The molecule has 0 atom stereocenters. The van der Waals surface area contributed by atoms with Crippen LogP contribution in [-0.2, 0) is 9.53 Å². The van der Waals surface area contributed by atoms with Gasteiger partial charge < -0.3 is 9.84 Å². The van der Waals surface area contributed by atoms with Gasteiger partial charge in [-0.15, -0.1) is 0 Å². The standard InChI is InChI=1S/C12H18O3/c13-11(14)12(5-7-15-8-6-12)9-10-3-1-2-4-10/h1-2,10H,3-9H2,(H,13,14). The maximum Gasteiger partial charge on any atom is 0.309 e. The fourth-order valence-electron chi connectivity index (χ4n) is 2.66. The maximum absolute atomic E-state index is 11.4. The molecule has 0 amide bonds. The van der Waals surface area contributed by atoms with Crippen LogP contribution in [0.2, 0.25) is 0 Å². The quantitative estimate of drug-likeness (QED) is 0.726. The second-order valence-corrected chi connectivity index (χ2v) is 4.71. The van der Waals surface area contributed by atoms with E-state index in [2.05, 4.69) is 12.2 Å². The SMILES string of the molecule is O=C(O)C1(CC2CC=CC2)CCOCC1. The molecule has 84 valence electrons. The highest BCUT2D eigenvalue weighted by Gasteiger charge is 2.41. The van der Waals surface area contributed by atoms with Gasteiger partial charge in [0.05, 0.1) is 5.41 Å². The summed E-state index contributed by atoms with van der Waals surface area (Å²) in [5.41, 5.74) is -0.505. The molecule has 1 saturated heterocycles. The van der Waals surface area contributed by atoms with E-state index >= 15 is 0 Å². The Hall–Kier alpha value is -0.830. The number of aliphatic carboxylic acids is 1. The van der Waals surface area contributed by atoms with Gasteiger partial charge in [-0.05, 0) is 38.0 Å². The Balaban J connectivity index is 2.01. The molecular weight excluding hydrogens is 192 g/mol. The predicted molar refractivity (Wildman–Crippen MR) is 56.6 cm³/mol. The van der Waals surface area contributed by atoms with Crippen LogP contribution in [0.4, 0.5) is 0 Å². The van der Waals surface area contributed by atoms with Crippen LogP contribution in [0.3, 0.4) is 0 Å². The average Bonchev–Trinajstić information content (AvgIpc) is 2.71. The molecule has 0 radical (unpaired) electrons. The molecule has 2 rings (SSSR count). The second kappa shape index (κ2) is 4.35. The van der Waals surface area contributed by atoms with Crippen molar-refractivity contribution in [1.29, 1.82) is 0 Å². The van der Waals surface area contributed by atoms with Crippen molar-refractivity contribution in [3.05, 3.63) is 12.2 Å². The number of allylic oxidation sites excluding steroid dienone is 2. The third kappa shape index (κ3) is 2.23. The molecule has 1 aliphatic heterocycles. The van der Waals surface area contributed by atoms with Gasteiger partial charge in [-0.2, -0.15) is 0 Å². The van der Waals surface area contributed by atoms with Crippen LogP contribution in [0, 0.1) is 11.3 Å². The Kier molecular flexibility index (Phi) is 3.10. The smallest absolute Gasteiger partial charge is 0.309 e. The second-order valence-electron chi connectivity index (χ2n) is 4.71. The Morgan fingerprint density at radius 3 is 2.47 bits per heavy atom. The van der Waals surface area contributed by atoms with Crippen LogP contribution in [-0.4, -0.2) is 24.3 Å². The summed E-state index contributed by atoms with van der Waals surface area (Å²) < 4.78 is 5.26. The fourth-order valence-corrected chi connectivity index (χ4v) is 2.66. The number of ether oxygens (including phenoxy) is 1. The first-order chi connectivity index (χ1) is 7.23. The fraction of sp³-hybridized carbons (Fsp3) is 0.750. The van der Waals surface area contributed by atoms with Gasteiger partial charge in [0.15, 0.2) is 0 Å². The summed E-state index contributed by atoms with van der Waals surface area (Å²) in [6, 6.07) is 0. The third-order valence-corrected chi connectivity index (χ3v) is 3.69. The lowest BCUT2D eigenvalue weighted by atomic mass is 9.73. The van der Waals surface area contributed by atoms with Crippen molar-refractivity contribution in [1.82, 2.24) is 0 Å². The molecule has 2 aliphatic rings. The summed E-state index contributed by atoms with van der Waals surface area (Å²) in [6.45, 7) is 1.21. The molecule has 0 aromatic rings. The molecule has 0 aromatic heterocycles. The molecule has 1 fully saturated rings. The molecule has 0 saturated carbocycles. The molecule has 1 heterocycles. The highest BCUT2D eigenvalue weighted by Crippen LogP contribution is 2.40. The molecule has 0 bridgehead atoms. The van der Waals surface area contributed by atoms with E-state index in [1.165, 1.54) is 0 Å². The van der Waals surface area contributed by atoms with E-state index in [-0.39, 0.29) is 0 Å².